The standard InChI is InChI=1S/C15H12N4OS/c20-14(11-6-8-16-9-7-11)17-10-13-18-19-15(21-13)12-4-2-1-3-5-12/h1-9H,10H2,(H,17,20). The van der Waals surface area contributed by atoms with Crippen LogP contribution in [0.3, 0.4) is 0 Å². The molecule has 0 atom stereocenters. The second kappa shape index (κ2) is 6.23. The van der Waals surface area contributed by atoms with Gasteiger partial charge in [-0.3, -0.25) is 9.78 Å². The fraction of sp³-hybridized carbons (Fsp3) is 0.0667. The maximum Gasteiger partial charge on any atom is 0.251 e. The van der Waals surface area contributed by atoms with Gasteiger partial charge in [0.05, 0.1) is 6.54 Å². The summed E-state index contributed by atoms with van der Waals surface area (Å²) >= 11 is 1.47. The Morgan fingerprint density at radius 2 is 1.81 bits per heavy atom. The summed E-state index contributed by atoms with van der Waals surface area (Å²) in [6.45, 7) is 0.367. The van der Waals surface area contributed by atoms with Gasteiger partial charge in [-0.05, 0) is 12.1 Å². The molecular formula is C15H12N4OS. The van der Waals surface area contributed by atoms with E-state index in [0.717, 1.165) is 15.6 Å². The van der Waals surface area contributed by atoms with Gasteiger partial charge in [0.2, 0.25) is 0 Å². The summed E-state index contributed by atoms with van der Waals surface area (Å²) in [6, 6.07) is 13.2. The molecule has 3 aromatic rings. The zero-order chi connectivity index (χ0) is 14.5. The van der Waals surface area contributed by atoms with Crippen LogP contribution in [0.4, 0.5) is 0 Å². The molecule has 0 spiro atoms. The van der Waals surface area contributed by atoms with E-state index in [9.17, 15) is 4.79 Å². The zero-order valence-corrected chi connectivity index (χ0v) is 11.9. The second-order valence-corrected chi connectivity index (χ2v) is 5.35. The number of aromatic nitrogens is 3. The van der Waals surface area contributed by atoms with Gasteiger partial charge in [0.15, 0.2) is 0 Å². The van der Waals surface area contributed by atoms with Crippen molar-refractivity contribution in [2.45, 2.75) is 6.54 Å². The molecule has 0 bridgehead atoms. The molecule has 1 N–H and O–H groups in total. The summed E-state index contributed by atoms with van der Waals surface area (Å²) in [5, 5.41) is 12.7. The topological polar surface area (TPSA) is 67.8 Å². The van der Waals surface area contributed by atoms with Crippen LogP contribution in [0, 0.1) is 0 Å². The summed E-state index contributed by atoms with van der Waals surface area (Å²) < 4.78 is 0. The van der Waals surface area contributed by atoms with Crippen LogP contribution in [0.1, 0.15) is 15.4 Å². The van der Waals surface area contributed by atoms with Crippen LogP contribution in [-0.4, -0.2) is 21.1 Å². The van der Waals surface area contributed by atoms with Gasteiger partial charge in [0.25, 0.3) is 5.91 Å². The molecule has 1 aromatic carbocycles. The lowest BCUT2D eigenvalue weighted by Crippen LogP contribution is -2.22. The number of benzene rings is 1. The van der Waals surface area contributed by atoms with Crippen molar-refractivity contribution in [1.29, 1.82) is 0 Å². The van der Waals surface area contributed by atoms with Crippen molar-refractivity contribution in [3.63, 3.8) is 0 Å². The number of carbonyl (C=O) groups is 1. The maximum atomic E-state index is 11.9. The summed E-state index contributed by atoms with van der Waals surface area (Å²) in [5.74, 6) is -0.145. The third kappa shape index (κ3) is 3.29. The molecule has 0 unspecified atom stereocenters. The maximum absolute atomic E-state index is 11.9. The lowest BCUT2D eigenvalue weighted by atomic mass is 10.2. The predicted octanol–water partition coefficient (Wildman–Crippen LogP) is 2.53. The van der Waals surface area contributed by atoms with Crippen LogP contribution < -0.4 is 5.32 Å². The Morgan fingerprint density at radius 3 is 2.57 bits per heavy atom. The number of hydrogen-bond acceptors (Lipinski definition) is 5. The minimum atomic E-state index is -0.145. The van der Waals surface area contributed by atoms with E-state index in [2.05, 4.69) is 20.5 Å². The fourth-order valence-electron chi connectivity index (χ4n) is 1.78. The second-order valence-electron chi connectivity index (χ2n) is 4.29. The SMILES string of the molecule is O=C(NCc1nnc(-c2ccccc2)s1)c1ccncc1. The van der Waals surface area contributed by atoms with E-state index in [1.54, 1.807) is 24.5 Å². The molecule has 1 amide bonds. The Bertz CT molecular complexity index is 728. The first kappa shape index (κ1) is 13.4. The molecule has 2 heterocycles. The molecule has 0 aliphatic heterocycles. The molecule has 0 aliphatic carbocycles. The Hall–Kier alpha value is -2.60. The third-order valence-electron chi connectivity index (χ3n) is 2.83. The number of rotatable bonds is 4. The molecule has 5 nitrogen and oxygen atoms in total. The highest BCUT2D eigenvalue weighted by atomic mass is 32.1. The first-order chi connectivity index (χ1) is 10.3. The average Bonchev–Trinajstić information content (AvgIpc) is 3.03. The lowest BCUT2D eigenvalue weighted by molar-refractivity contribution is 0.0950. The number of pyridine rings is 1. The van der Waals surface area contributed by atoms with Crippen molar-refractivity contribution in [1.82, 2.24) is 20.5 Å². The van der Waals surface area contributed by atoms with Crippen molar-refractivity contribution >= 4 is 17.2 Å². The first-order valence-corrected chi connectivity index (χ1v) is 7.20. The Labute approximate surface area is 125 Å². The zero-order valence-electron chi connectivity index (χ0n) is 11.1. The molecule has 6 heteroatoms. The van der Waals surface area contributed by atoms with Crippen LogP contribution in [0.25, 0.3) is 10.6 Å². The normalized spacial score (nSPS) is 10.3. The average molecular weight is 296 g/mol. The highest BCUT2D eigenvalue weighted by Crippen LogP contribution is 2.22. The van der Waals surface area contributed by atoms with Gasteiger partial charge >= 0.3 is 0 Å². The Balaban J connectivity index is 1.64. The fourth-order valence-corrected chi connectivity index (χ4v) is 2.57. The van der Waals surface area contributed by atoms with Crippen LogP contribution in [-0.2, 0) is 6.54 Å². The van der Waals surface area contributed by atoms with Crippen LogP contribution in [0.2, 0.25) is 0 Å². The summed E-state index contributed by atoms with van der Waals surface area (Å²) in [7, 11) is 0. The van der Waals surface area contributed by atoms with Crippen LogP contribution >= 0.6 is 11.3 Å². The molecule has 0 radical (unpaired) electrons. The van der Waals surface area contributed by atoms with Gasteiger partial charge in [-0.2, -0.15) is 0 Å². The number of nitrogens with zero attached hydrogens (tertiary/aromatic N) is 3. The van der Waals surface area contributed by atoms with Crippen molar-refractivity contribution < 1.29 is 4.79 Å². The Kier molecular flexibility index (Phi) is 3.97. The molecule has 104 valence electrons. The minimum Gasteiger partial charge on any atom is -0.345 e. The van der Waals surface area contributed by atoms with Crippen LogP contribution in [0.5, 0.6) is 0 Å². The van der Waals surface area contributed by atoms with Gasteiger partial charge in [-0.1, -0.05) is 41.7 Å². The van der Waals surface area contributed by atoms with Crippen molar-refractivity contribution in [3.8, 4) is 10.6 Å². The summed E-state index contributed by atoms with van der Waals surface area (Å²) in [4.78, 5) is 15.8. The van der Waals surface area contributed by atoms with Gasteiger partial charge in [0, 0.05) is 23.5 Å². The van der Waals surface area contributed by atoms with E-state index < -0.39 is 0 Å². The molecule has 2 aromatic heterocycles. The molecule has 3 rings (SSSR count). The van der Waals surface area contributed by atoms with E-state index in [0.29, 0.717) is 12.1 Å². The number of hydrogen-bond donors (Lipinski definition) is 1. The number of nitrogens with one attached hydrogen (secondary N) is 1. The van der Waals surface area contributed by atoms with Crippen molar-refractivity contribution in [2.24, 2.45) is 0 Å². The molecule has 0 fully saturated rings. The quantitative estimate of drug-likeness (QED) is 0.803. The van der Waals surface area contributed by atoms with E-state index in [1.807, 2.05) is 30.3 Å². The largest absolute Gasteiger partial charge is 0.345 e. The van der Waals surface area contributed by atoms with Gasteiger partial charge in [0.1, 0.15) is 10.0 Å². The number of amides is 1. The molecule has 0 aliphatic rings. The van der Waals surface area contributed by atoms with Gasteiger partial charge < -0.3 is 5.32 Å². The Morgan fingerprint density at radius 1 is 1.05 bits per heavy atom. The predicted molar refractivity (Wildman–Crippen MR) is 80.8 cm³/mol. The smallest absolute Gasteiger partial charge is 0.251 e. The summed E-state index contributed by atoms with van der Waals surface area (Å²) in [5.41, 5.74) is 1.61. The van der Waals surface area contributed by atoms with Gasteiger partial charge in [-0.15, -0.1) is 10.2 Å². The molecular weight excluding hydrogens is 284 g/mol. The van der Waals surface area contributed by atoms with E-state index in [4.69, 9.17) is 0 Å². The molecule has 0 saturated carbocycles. The van der Waals surface area contributed by atoms with Crippen molar-refractivity contribution in [3.05, 3.63) is 65.4 Å². The van der Waals surface area contributed by atoms with E-state index in [-0.39, 0.29) is 5.91 Å². The summed E-state index contributed by atoms with van der Waals surface area (Å²) in [6.07, 6.45) is 3.18. The van der Waals surface area contributed by atoms with Gasteiger partial charge in [-0.25, -0.2) is 0 Å². The van der Waals surface area contributed by atoms with Crippen LogP contribution in [0.15, 0.2) is 54.9 Å². The highest BCUT2D eigenvalue weighted by molar-refractivity contribution is 7.14. The monoisotopic (exact) mass is 296 g/mol. The highest BCUT2D eigenvalue weighted by Gasteiger charge is 2.09. The molecule has 21 heavy (non-hydrogen) atoms. The first-order valence-electron chi connectivity index (χ1n) is 6.39. The van der Waals surface area contributed by atoms with Crippen molar-refractivity contribution in [2.75, 3.05) is 0 Å². The van der Waals surface area contributed by atoms with E-state index >= 15 is 0 Å². The van der Waals surface area contributed by atoms with E-state index in [1.165, 1.54) is 11.3 Å². The minimum absolute atomic E-state index is 0.145. The lowest BCUT2D eigenvalue weighted by Gasteiger charge is -2.01. The number of carbonyl (C=O) groups excluding carboxylic acids is 1. The molecule has 0 saturated heterocycles. The third-order valence-corrected chi connectivity index (χ3v) is 3.80.